The van der Waals surface area contributed by atoms with Gasteiger partial charge in [-0.1, -0.05) is 19.1 Å². The number of para-hydroxylation sites is 1. The third kappa shape index (κ3) is 4.50. The maximum absolute atomic E-state index is 12.7. The Balaban J connectivity index is 2.28. The minimum Gasteiger partial charge on any atom is -0.497 e. The summed E-state index contributed by atoms with van der Waals surface area (Å²) in [4.78, 5) is 24.9. The molecule has 6 nitrogen and oxygen atoms in total. The molecule has 0 atom stereocenters. The molecule has 0 fully saturated rings. The third-order valence-electron chi connectivity index (χ3n) is 3.61. The van der Waals surface area contributed by atoms with Crippen LogP contribution in [0.4, 0.5) is 5.69 Å². The summed E-state index contributed by atoms with van der Waals surface area (Å²) in [5.41, 5.74) is 1.17. The number of rotatable bonds is 7. The molecule has 0 aromatic heterocycles. The van der Waals surface area contributed by atoms with Crippen molar-refractivity contribution in [3.8, 4) is 11.5 Å². The van der Waals surface area contributed by atoms with E-state index >= 15 is 0 Å². The molecule has 0 aliphatic rings. The van der Waals surface area contributed by atoms with Crippen LogP contribution in [0, 0.1) is 0 Å². The summed E-state index contributed by atoms with van der Waals surface area (Å²) >= 11 is 0. The quantitative estimate of drug-likeness (QED) is 0.811. The van der Waals surface area contributed by atoms with E-state index in [-0.39, 0.29) is 11.8 Å². The number of ether oxygens (including phenoxy) is 2. The van der Waals surface area contributed by atoms with E-state index in [4.69, 9.17) is 9.47 Å². The highest BCUT2D eigenvalue weighted by Crippen LogP contribution is 2.25. The van der Waals surface area contributed by atoms with Crippen molar-refractivity contribution >= 4 is 17.5 Å². The smallest absolute Gasteiger partial charge is 0.259 e. The first kappa shape index (κ1) is 18.3. The van der Waals surface area contributed by atoms with Crippen LogP contribution in [0.2, 0.25) is 0 Å². The van der Waals surface area contributed by atoms with Crippen LogP contribution in [0.1, 0.15) is 34.1 Å². The minimum atomic E-state index is -0.383. The Morgan fingerprint density at radius 1 is 0.960 bits per heavy atom. The van der Waals surface area contributed by atoms with Gasteiger partial charge < -0.3 is 20.1 Å². The van der Waals surface area contributed by atoms with Crippen molar-refractivity contribution in [1.29, 1.82) is 0 Å². The Kier molecular flexibility index (Phi) is 6.39. The SMILES string of the molecule is CCCNC(=O)c1ccccc1NC(=O)c1cc(OC)ccc1OC. The normalized spacial score (nSPS) is 10.0. The molecule has 132 valence electrons. The first-order valence-corrected chi connectivity index (χ1v) is 8.01. The van der Waals surface area contributed by atoms with Gasteiger partial charge in [-0.15, -0.1) is 0 Å². The van der Waals surface area contributed by atoms with E-state index in [0.717, 1.165) is 6.42 Å². The summed E-state index contributed by atoms with van der Waals surface area (Å²) in [6.07, 6.45) is 0.835. The second kappa shape index (κ2) is 8.73. The topological polar surface area (TPSA) is 76.7 Å². The van der Waals surface area contributed by atoms with Crippen molar-refractivity contribution in [1.82, 2.24) is 5.32 Å². The van der Waals surface area contributed by atoms with Gasteiger partial charge in [-0.3, -0.25) is 9.59 Å². The van der Waals surface area contributed by atoms with Gasteiger partial charge in [0.1, 0.15) is 11.5 Å². The number of amides is 2. The maximum Gasteiger partial charge on any atom is 0.259 e. The first-order valence-electron chi connectivity index (χ1n) is 8.01. The Morgan fingerprint density at radius 3 is 2.40 bits per heavy atom. The zero-order valence-electron chi connectivity index (χ0n) is 14.6. The lowest BCUT2D eigenvalue weighted by atomic mass is 10.1. The highest BCUT2D eigenvalue weighted by atomic mass is 16.5. The molecule has 0 bridgehead atoms. The van der Waals surface area contributed by atoms with Gasteiger partial charge in [-0.05, 0) is 36.8 Å². The summed E-state index contributed by atoms with van der Waals surface area (Å²) in [7, 11) is 3.02. The van der Waals surface area contributed by atoms with E-state index in [2.05, 4.69) is 10.6 Å². The van der Waals surface area contributed by atoms with Gasteiger partial charge in [0, 0.05) is 6.54 Å². The molecule has 2 rings (SSSR count). The van der Waals surface area contributed by atoms with Gasteiger partial charge in [-0.25, -0.2) is 0 Å². The number of nitrogens with one attached hydrogen (secondary N) is 2. The molecule has 0 heterocycles. The number of carbonyl (C=O) groups is 2. The Hall–Kier alpha value is -3.02. The first-order chi connectivity index (χ1) is 12.1. The van der Waals surface area contributed by atoms with E-state index in [1.807, 2.05) is 6.92 Å². The van der Waals surface area contributed by atoms with Gasteiger partial charge in [0.15, 0.2) is 0 Å². The van der Waals surface area contributed by atoms with Crippen molar-refractivity contribution in [2.75, 3.05) is 26.1 Å². The zero-order valence-corrected chi connectivity index (χ0v) is 14.6. The second-order valence-electron chi connectivity index (χ2n) is 5.32. The lowest BCUT2D eigenvalue weighted by molar-refractivity contribution is 0.0954. The predicted octanol–water partition coefficient (Wildman–Crippen LogP) is 3.10. The summed E-state index contributed by atoms with van der Waals surface area (Å²) in [5.74, 6) is 0.355. The highest BCUT2D eigenvalue weighted by molar-refractivity contribution is 6.10. The number of anilines is 1. The lowest BCUT2D eigenvalue weighted by Crippen LogP contribution is -2.25. The summed E-state index contributed by atoms with van der Waals surface area (Å²) in [5, 5.41) is 5.58. The highest BCUT2D eigenvalue weighted by Gasteiger charge is 2.17. The predicted molar refractivity (Wildman–Crippen MR) is 96.6 cm³/mol. The van der Waals surface area contributed by atoms with Crippen LogP contribution >= 0.6 is 0 Å². The van der Waals surface area contributed by atoms with Crippen LogP contribution in [0.5, 0.6) is 11.5 Å². The molecule has 25 heavy (non-hydrogen) atoms. The molecular weight excluding hydrogens is 320 g/mol. The molecule has 0 saturated heterocycles. The van der Waals surface area contributed by atoms with Gasteiger partial charge in [-0.2, -0.15) is 0 Å². The van der Waals surface area contributed by atoms with Gasteiger partial charge in [0.25, 0.3) is 11.8 Å². The summed E-state index contributed by atoms with van der Waals surface area (Å²) < 4.78 is 10.4. The maximum atomic E-state index is 12.7. The number of hydrogen-bond acceptors (Lipinski definition) is 4. The molecule has 6 heteroatoms. The van der Waals surface area contributed by atoms with E-state index < -0.39 is 0 Å². The molecule has 0 aliphatic heterocycles. The lowest BCUT2D eigenvalue weighted by Gasteiger charge is -2.13. The standard InChI is InChI=1S/C19H22N2O4/c1-4-11-20-18(22)14-7-5-6-8-16(14)21-19(23)15-12-13(24-2)9-10-17(15)25-3/h5-10,12H,4,11H2,1-3H3,(H,20,22)(H,21,23). The fourth-order valence-electron chi connectivity index (χ4n) is 2.31. The van der Waals surface area contributed by atoms with E-state index in [1.165, 1.54) is 14.2 Å². The molecular formula is C19H22N2O4. The number of carbonyl (C=O) groups excluding carboxylic acids is 2. The van der Waals surface area contributed by atoms with Crippen LogP contribution in [-0.2, 0) is 0 Å². The molecule has 2 aromatic carbocycles. The van der Waals surface area contributed by atoms with Gasteiger partial charge in [0.05, 0.1) is 31.0 Å². The molecule has 2 aromatic rings. The van der Waals surface area contributed by atoms with Crippen molar-refractivity contribution in [3.63, 3.8) is 0 Å². The van der Waals surface area contributed by atoms with Crippen molar-refractivity contribution < 1.29 is 19.1 Å². The Morgan fingerprint density at radius 2 is 1.72 bits per heavy atom. The average Bonchev–Trinajstić information content (AvgIpc) is 2.65. The van der Waals surface area contributed by atoms with Crippen LogP contribution < -0.4 is 20.1 Å². The van der Waals surface area contributed by atoms with Crippen molar-refractivity contribution in [3.05, 3.63) is 53.6 Å². The molecule has 2 N–H and O–H groups in total. The largest absolute Gasteiger partial charge is 0.497 e. The fraction of sp³-hybridized carbons (Fsp3) is 0.263. The monoisotopic (exact) mass is 342 g/mol. The molecule has 0 unspecified atom stereocenters. The Bertz CT molecular complexity index is 759. The third-order valence-corrected chi connectivity index (χ3v) is 3.61. The average molecular weight is 342 g/mol. The second-order valence-corrected chi connectivity index (χ2v) is 5.32. The summed E-state index contributed by atoms with van der Waals surface area (Å²) in [6.45, 7) is 2.55. The minimum absolute atomic E-state index is 0.227. The Labute approximate surface area is 147 Å². The van der Waals surface area contributed by atoms with E-state index in [0.29, 0.717) is 34.9 Å². The number of benzene rings is 2. The zero-order chi connectivity index (χ0) is 18.2. The van der Waals surface area contributed by atoms with E-state index in [1.54, 1.807) is 42.5 Å². The number of methoxy groups -OCH3 is 2. The van der Waals surface area contributed by atoms with E-state index in [9.17, 15) is 9.59 Å². The van der Waals surface area contributed by atoms with Gasteiger partial charge in [0.2, 0.25) is 0 Å². The molecule has 0 saturated carbocycles. The van der Waals surface area contributed by atoms with Gasteiger partial charge >= 0.3 is 0 Å². The van der Waals surface area contributed by atoms with Crippen molar-refractivity contribution in [2.45, 2.75) is 13.3 Å². The molecule has 0 spiro atoms. The van der Waals surface area contributed by atoms with Crippen LogP contribution in [0.25, 0.3) is 0 Å². The molecule has 2 amide bonds. The van der Waals surface area contributed by atoms with Crippen LogP contribution in [0.3, 0.4) is 0 Å². The fourth-order valence-corrected chi connectivity index (χ4v) is 2.31. The van der Waals surface area contributed by atoms with Crippen LogP contribution in [0.15, 0.2) is 42.5 Å². The summed E-state index contributed by atoms with van der Waals surface area (Å²) in [6, 6.07) is 11.8. The van der Waals surface area contributed by atoms with Crippen molar-refractivity contribution in [2.24, 2.45) is 0 Å². The molecule has 0 aliphatic carbocycles. The number of hydrogen-bond donors (Lipinski definition) is 2. The van der Waals surface area contributed by atoms with Crippen LogP contribution in [-0.4, -0.2) is 32.6 Å². The molecule has 0 radical (unpaired) electrons.